The van der Waals surface area contributed by atoms with Crippen LogP contribution in [0.15, 0.2) is 30.5 Å². The van der Waals surface area contributed by atoms with E-state index in [4.69, 9.17) is 9.84 Å². The second-order valence-electron chi connectivity index (χ2n) is 7.84. The van der Waals surface area contributed by atoms with Crippen LogP contribution in [0.5, 0.6) is 0 Å². The van der Waals surface area contributed by atoms with Crippen LogP contribution in [0.1, 0.15) is 37.6 Å². The average Bonchev–Trinajstić information content (AvgIpc) is 3.10. The largest absolute Gasteiger partial charge is 0.478 e. The predicted molar refractivity (Wildman–Crippen MR) is 103 cm³/mol. The molecule has 2 N–H and O–H groups in total. The summed E-state index contributed by atoms with van der Waals surface area (Å²) in [6, 6.07) is 6.36. The molecule has 8 heteroatoms. The SMILES string of the molecule is CC(C)(C)OC(=O)N1CC[C@H](C(=O)Nc2cc3cc(C(=O)O)ccc3cn2)C1. The summed E-state index contributed by atoms with van der Waals surface area (Å²) >= 11 is 0. The third-order valence-electron chi connectivity index (χ3n) is 4.43. The molecule has 2 amide bonds. The first-order chi connectivity index (χ1) is 13.1. The van der Waals surface area contributed by atoms with Gasteiger partial charge in [-0.2, -0.15) is 0 Å². The number of pyridine rings is 1. The Balaban J connectivity index is 1.66. The number of carbonyl (C=O) groups is 3. The van der Waals surface area contributed by atoms with E-state index in [1.165, 1.54) is 17.0 Å². The fourth-order valence-electron chi connectivity index (χ4n) is 3.04. The number of aromatic carboxylic acids is 1. The molecule has 2 heterocycles. The number of carboxylic acids is 1. The number of rotatable bonds is 3. The minimum absolute atomic E-state index is 0.166. The van der Waals surface area contributed by atoms with Gasteiger partial charge in [0.05, 0.1) is 11.5 Å². The smallest absolute Gasteiger partial charge is 0.410 e. The van der Waals surface area contributed by atoms with Crippen LogP contribution >= 0.6 is 0 Å². The number of likely N-dealkylation sites (tertiary alicyclic amines) is 1. The highest BCUT2D eigenvalue weighted by molar-refractivity contribution is 5.97. The van der Waals surface area contributed by atoms with Crippen LogP contribution in [0, 0.1) is 5.92 Å². The summed E-state index contributed by atoms with van der Waals surface area (Å²) in [5.74, 6) is -1.25. The first-order valence-electron chi connectivity index (χ1n) is 9.04. The molecule has 2 aromatic rings. The normalized spacial score (nSPS) is 16.8. The summed E-state index contributed by atoms with van der Waals surface area (Å²) in [7, 11) is 0. The Kier molecular flexibility index (Phi) is 5.22. The Hall–Kier alpha value is -3.16. The summed E-state index contributed by atoms with van der Waals surface area (Å²) in [5.41, 5.74) is -0.416. The monoisotopic (exact) mass is 385 g/mol. The van der Waals surface area contributed by atoms with Crippen LogP contribution in [0.2, 0.25) is 0 Å². The van der Waals surface area contributed by atoms with Gasteiger partial charge in [-0.25, -0.2) is 14.6 Å². The second-order valence-corrected chi connectivity index (χ2v) is 7.84. The van der Waals surface area contributed by atoms with Gasteiger partial charge in [-0.15, -0.1) is 0 Å². The molecule has 28 heavy (non-hydrogen) atoms. The maximum atomic E-state index is 12.6. The fourth-order valence-corrected chi connectivity index (χ4v) is 3.04. The Morgan fingerprint density at radius 2 is 1.96 bits per heavy atom. The van der Waals surface area contributed by atoms with Crippen molar-refractivity contribution in [2.24, 2.45) is 5.92 Å². The number of ether oxygens (including phenoxy) is 1. The molecule has 0 radical (unpaired) electrons. The number of fused-ring (bicyclic) bond motifs is 1. The van der Waals surface area contributed by atoms with Gasteiger partial charge in [0.1, 0.15) is 11.4 Å². The van der Waals surface area contributed by atoms with Gasteiger partial charge >= 0.3 is 12.1 Å². The van der Waals surface area contributed by atoms with Gasteiger partial charge in [-0.05, 0) is 50.8 Å². The molecule has 0 unspecified atom stereocenters. The summed E-state index contributed by atoms with van der Waals surface area (Å²) in [5, 5.41) is 13.3. The number of aromatic nitrogens is 1. The van der Waals surface area contributed by atoms with E-state index in [2.05, 4.69) is 10.3 Å². The molecule has 8 nitrogen and oxygen atoms in total. The van der Waals surface area contributed by atoms with Crippen LogP contribution in [0.25, 0.3) is 10.8 Å². The highest BCUT2D eigenvalue weighted by Crippen LogP contribution is 2.22. The van der Waals surface area contributed by atoms with Crippen LogP contribution in [0.4, 0.5) is 10.6 Å². The van der Waals surface area contributed by atoms with Crippen molar-refractivity contribution in [2.45, 2.75) is 32.8 Å². The molecule has 1 saturated heterocycles. The highest BCUT2D eigenvalue weighted by Gasteiger charge is 2.33. The van der Waals surface area contributed by atoms with Gasteiger partial charge < -0.3 is 20.1 Å². The average molecular weight is 385 g/mol. The number of nitrogens with one attached hydrogen (secondary N) is 1. The molecule has 0 saturated carbocycles. The van der Waals surface area contributed by atoms with E-state index in [9.17, 15) is 14.4 Å². The number of carboxylic acid groups (broad SMARTS) is 1. The van der Waals surface area contributed by atoms with Gasteiger partial charge in [-0.3, -0.25) is 4.79 Å². The van der Waals surface area contributed by atoms with Crippen molar-refractivity contribution in [1.29, 1.82) is 0 Å². The van der Waals surface area contributed by atoms with Crippen molar-refractivity contribution in [3.8, 4) is 0 Å². The summed E-state index contributed by atoms with van der Waals surface area (Å²) in [4.78, 5) is 41.6. The molecule has 1 aliphatic heterocycles. The minimum atomic E-state index is -1.02. The molecule has 1 atom stereocenters. The zero-order valence-electron chi connectivity index (χ0n) is 16.1. The van der Waals surface area contributed by atoms with Crippen molar-refractivity contribution in [3.63, 3.8) is 0 Å². The molecule has 148 valence electrons. The van der Waals surface area contributed by atoms with Crippen LogP contribution in [-0.4, -0.2) is 51.7 Å². The summed E-state index contributed by atoms with van der Waals surface area (Å²) < 4.78 is 5.34. The van der Waals surface area contributed by atoms with Crippen molar-refractivity contribution in [2.75, 3.05) is 18.4 Å². The maximum Gasteiger partial charge on any atom is 0.410 e. The molecule has 1 aliphatic rings. The van der Waals surface area contributed by atoms with Crippen LogP contribution < -0.4 is 5.32 Å². The molecule has 0 bridgehead atoms. The number of benzene rings is 1. The molecule has 1 aromatic carbocycles. The number of anilines is 1. The molecule has 1 aromatic heterocycles. The summed E-state index contributed by atoms with van der Waals surface area (Å²) in [6.45, 7) is 6.14. The molecular weight excluding hydrogens is 362 g/mol. The zero-order valence-corrected chi connectivity index (χ0v) is 16.1. The molecule has 1 fully saturated rings. The molecule has 0 aliphatic carbocycles. The van der Waals surface area contributed by atoms with E-state index < -0.39 is 17.7 Å². The Bertz CT molecular complexity index is 935. The lowest BCUT2D eigenvalue weighted by molar-refractivity contribution is -0.119. The van der Waals surface area contributed by atoms with Crippen LogP contribution in [-0.2, 0) is 9.53 Å². The second kappa shape index (κ2) is 7.46. The lowest BCUT2D eigenvalue weighted by Gasteiger charge is -2.24. The van der Waals surface area contributed by atoms with Crippen molar-refractivity contribution < 1.29 is 24.2 Å². The van der Waals surface area contributed by atoms with Gasteiger partial charge in [0.25, 0.3) is 0 Å². The van der Waals surface area contributed by atoms with Gasteiger partial charge in [0, 0.05) is 24.7 Å². The third kappa shape index (κ3) is 4.57. The van der Waals surface area contributed by atoms with E-state index in [-0.39, 0.29) is 23.9 Å². The zero-order chi connectivity index (χ0) is 20.5. The maximum absolute atomic E-state index is 12.6. The van der Waals surface area contributed by atoms with E-state index in [1.54, 1.807) is 39.1 Å². The lowest BCUT2D eigenvalue weighted by Crippen LogP contribution is -2.36. The van der Waals surface area contributed by atoms with E-state index in [0.29, 0.717) is 24.2 Å². The fraction of sp³-hybridized carbons (Fsp3) is 0.400. The number of nitrogens with zero attached hydrogens (tertiary/aromatic N) is 2. The van der Waals surface area contributed by atoms with E-state index in [1.807, 2.05) is 0 Å². The predicted octanol–water partition coefficient (Wildman–Crippen LogP) is 3.13. The van der Waals surface area contributed by atoms with Crippen molar-refractivity contribution in [1.82, 2.24) is 9.88 Å². The standard InChI is InChI=1S/C20H23N3O5/c1-20(2,3)28-19(27)23-7-6-14(11-23)17(24)22-16-9-15-8-12(18(25)26)4-5-13(15)10-21-16/h4-5,8-10,14H,6-7,11H2,1-3H3,(H,25,26)(H,21,22,24)/t14-/m0/s1. The first-order valence-corrected chi connectivity index (χ1v) is 9.04. The highest BCUT2D eigenvalue weighted by atomic mass is 16.6. The number of hydrogen-bond donors (Lipinski definition) is 2. The Morgan fingerprint density at radius 3 is 2.64 bits per heavy atom. The summed E-state index contributed by atoms with van der Waals surface area (Å²) in [6.07, 6.45) is 1.70. The quantitative estimate of drug-likeness (QED) is 0.840. The Morgan fingerprint density at radius 1 is 1.21 bits per heavy atom. The van der Waals surface area contributed by atoms with Crippen LogP contribution in [0.3, 0.4) is 0 Å². The molecule has 3 rings (SSSR count). The third-order valence-corrected chi connectivity index (χ3v) is 4.43. The number of amides is 2. The Labute approximate surface area is 162 Å². The first kappa shape index (κ1) is 19.6. The van der Waals surface area contributed by atoms with Gasteiger partial charge in [0.2, 0.25) is 5.91 Å². The van der Waals surface area contributed by atoms with E-state index >= 15 is 0 Å². The minimum Gasteiger partial charge on any atom is -0.478 e. The van der Waals surface area contributed by atoms with E-state index in [0.717, 1.165) is 5.39 Å². The molecule has 0 spiro atoms. The number of hydrogen-bond acceptors (Lipinski definition) is 5. The lowest BCUT2D eigenvalue weighted by atomic mass is 10.1. The van der Waals surface area contributed by atoms with Gasteiger partial charge in [0.15, 0.2) is 0 Å². The number of carbonyl (C=O) groups excluding carboxylic acids is 2. The van der Waals surface area contributed by atoms with Gasteiger partial charge in [-0.1, -0.05) is 6.07 Å². The topological polar surface area (TPSA) is 109 Å². The van der Waals surface area contributed by atoms with Crippen molar-refractivity contribution >= 4 is 34.6 Å². The molecular formula is C20H23N3O5. The van der Waals surface area contributed by atoms with Crippen molar-refractivity contribution in [3.05, 3.63) is 36.0 Å².